The van der Waals surface area contributed by atoms with E-state index in [1.54, 1.807) is 0 Å². The second-order valence-electron chi connectivity index (χ2n) is 6.83. The summed E-state index contributed by atoms with van der Waals surface area (Å²) in [6.07, 6.45) is 0.997. The Morgan fingerprint density at radius 1 is 1.26 bits per heavy atom. The van der Waals surface area contributed by atoms with E-state index in [1.807, 2.05) is 20.8 Å². The summed E-state index contributed by atoms with van der Waals surface area (Å²) in [4.78, 5) is 25.5. The predicted octanol–water partition coefficient (Wildman–Crippen LogP) is 2.59. The van der Waals surface area contributed by atoms with Crippen molar-refractivity contribution in [2.75, 3.05) is 13.7 Å². The fourth-order valence-corrected chi connectivity index (χ4v) is 2.20. The first kappa shape index (κ1) is 15.8. The Kier molecular flexibility index (Phi) is 4.48. The molecule has 1 saturated heterocycles. The Bertz CT molecular complexity index is 357. The number of hydrogen-bond donors (Lipinski definition) is 0. The summed E-state index contributed by atoms with van der Waals surface area (Å²) < 4.78 is 10.2. The summed E-state index contributed by atoms with van der Waals surface area (Å²) in [5, 5.41) is 0. The average Bonchev–Trinajstić information content (AvgIpc) is 2.24. The van der Waals surface area contributed by atoms with Crippen LogP contribution in [0.3, 0.4) is 0 Å². The second kappa shape index (κ2) is 5.39. The number of amides is 1. The number of piperidine rings is 1. The number of nitrogens with zero attached hydrogens (tertiary/aromatic N) is 1. The molecule has 19 heavy (non-hydrogen) atoms. The van der Waals surface area contributed by atoms with Gasteiger partial charge in [-0.2, -0.15) is 0 Å². The molecule has 0 aromatic rings. The van der Waals surface area contributed by atoms with Crippen molar-refractivity contribution < 1.29 is 19.1 Å². The normalized spacial score (nSPS) is 22.8. The molecule has 1 rings (SSSR count). The molecule has 0 aromatic carbocycles. The highest BCUT2D eigenvalue weighted by molar-refractivity contribution is 5.81. The van der Waals surface area contributed by atoms with E-state index in [0.29, 0.717) is 13.0 Å². The highest BCUT2D eigenvalue weighted by Gasteiger charge is 2.41. The second-order valence-corrected chi connectivity index (χ2v) is 6.83. The molecule has 0 spiro atoms. The third-order valence-corrected chi connectivity index (χ3v) is 3.25. The molecule has 1 heterocycles. The lowest BCUT2D eigenvalue weighted by Crippen LogP contribution is -2.53. The van der Waals surface area contributed by atoms with Gasteiger partial charge in [0, 0.05) is 6.54 Å². The van der Waals surface area contributed by atoms with Crippen LogP contribution in [0.2, 0.25) is 0 Å². The van der Waals surface area contributed by atoms with E-state index < -0.39 is 17.7 Å². The van der Waals surface area contributed by atoms with Crippen molar-refractivity contribution >= 4 is 12.1 Å². The van der Waals surface area contributed by atoms with Crippen LogP contribution in [0.15, 0.2) is 0 Å². The maximum Gasteiger partial charge on any atom is 0.411 e. The van der Waals surface area contributed by atoms with Gasteiger partial charge in [0.05, 0.1) is 7.11 Å². The van der Waals surface area contributed by atoms with Gasteiger partial charge in [-0.05, 0) is 39.0 Å². The molecular weight excluding hydrogens is 246 g/mol. The molecule has 5 heteroatoms. The fourth-order valence-electron chi connectivity index (χ4n) is 2.20. The van der Waals surface area contributed by atoms with Gasteiger partial charge in [-0.1, -0.05) is 13.8 Å². The van der Waals surface area contributed by atoms with Crippen LogP contribution in [-0.4, -0.2) is 42.3 Å². The topological polar surface area (TPSA) is 55.8 Å². The quantitative estimate of drug-likeness (QED) is 0.688. The lowest BCUT2D eigenvalue weighted by Gasteiger charge is -2.42. The van der Waals surface area contributed by atoms with Gasteiger partial charge in [-0.3, -0.25) is 4.90 Å². The van der Waals surface area contributed by atoms with Crippen LogP contribution < -0.4 is 0 Å². The number of carbonyl (C=O) groups is 2. The van der Waals surface area contributed by atoms with Crippen LogP contribution in [0.5, 0.6) is 0 Å². The van der Waals surface area contributed by atoms with Crippen LogP contribution in [0, 0.1) is 5.41 Å². The SMILES string of the molecule is COC(=O)C1CC(C)(C)CCN1C(=O)OC(C)(C)C. The van der Waals surface area contributed by atoms with E-state index in [4.69, 9.17) is 9.47 Å². The van der Waals surface area contributed by atoms with Gasteiger partial charge in [0.15, 0.2) is 0 Å². The van der Waals surface area contributed by atoms with Crippen molar-refractivity contribution in [3.8, 4) is 0 Å². The number of likely N-dealkylation sites (tertiary alicyclic amines) is 1. The number of ether oxygens (including phenoxy) is 2. The maximum absolute atomic E-state index is 12.2. The van der Waals surface area contributed by atoms with E-state index in [1.165, 1.54) is 12.0 Å². The predicted molar refractivity (Wildman–Crippen MR) is 71.8 cm³/mol. The Morgan fingerprint density at radius 2 is 1.84 bits per heavy atom. The van der Waals surface area contributed by atoms with Crippen molar-refractivity contribution in [2.45, 2.75) is 59.1 Å². The Labute approximate surface area is 115 Å². The minimum Gasteiger partial charge on any atom is -0.467 e. The average molecular weight is 271 g/mol. The molecule has 0 aliphatic carbocycles. The van der Waals surface area contributed by atoms with Gasteiger partial charge in [-0.15, -0.1) is 0 Å². The summed E-state index contributed by atoms with van der Waals surface area (Å²) in [7, 11) is 1.34. The Morgan fingerprint density at radius 3 is 2.32 bits per heavy atom. The molecule has 1 aliphatic rings. The van der Waals surface area contributed by atoms with Crippen molar-refractivity contribution in [3.05, 3.63) is 0 Å². The summed E-state index contributed by atoms with van der Waals surface area (Å²) in [6.45, 7) is 10.1. The Balaban J connectivity index is 2.85. The first-order valence-corrected chi connectivity index (χ1v) is 6.63. The van der Waals surface area contributed by atoms with E-state index in [-0.39, 0.29) is 11.4 Å². The highest BCUT2D eigenvalue weighted by Crippen LogP contribution is 2.34. The largest absolute Gasteiger partial charge is 0.467 e. The van der Waals surface area contributed by atoms with Crippen LogP contribution >= 0.6 is 0 Å². The summed E-state index contributed by atoms with van der Waals surface area (Å²) in [6, 6.07) is -0.552. The first-order valence-electron chi connectivity index (χ1n) is 6.63. The molecule has 0 saturated carbocycles. The standard InChI is InChI=1S/C14H25NO4/c1-13(2,3)19-12(17)15-8-7-14(4,5)9-10(15)11(16)18-6/h10H,7-9H2,1-6H3. The van der Waals surface area contributed by atoms with E-state index in [2.05, 4.69) is 13.8 Å². The molecule has 1 atom stereocenters. The molecule has 0 aromatic heterocycles. The van der Waals surface area contributed by atoms with Crippen LogP contribution in [0.4, 0.5) is 4.79 Å². The van der Waals surface area contributed by atoms with E-state index in [0.717, 1.165) is 6.42 Å². The van der Waals surface area contributed by atoms with Crippen molar-refractivity contribution in [1.29, 1.82) is 0 Å². The molecule has 0 bridgehead atoms. The van der Waals surface area contributed by atoms with E-state index in [9.17, 15) is 9.59 Å². The summed E-state index contributed by atoms with van der Waals surface area (Å²) in [5.41, 5.74) is -0.540. The smallest absolute Gasteiger partial charge is 0.411 e. The number of rotatable bonds is 1. The van der Waals surface area contributed by atoms with Gasteiger partial charge in [0.2, 0.25) is 0 Å². The van der Waals surface area contributed by atoms with Gasteiger partial charge in [0.1, 0.15) is 11.6 Å². The van der Waals surface area contributed by atoms with Crippen LogP contribution in [0.25, 0.3) is 0 Å². The molecule has 1 unspecified atom stereocenters. The first-order chi connectivity index (χ1) is 8.56. The molecule has 0 radical (unpaired) electrons. The minimum absolute atomic E-state index is 0.0252. The number of hydrogen-bond acceptors (Lipinski definition) is 4. The monoisotopic (exact) mass is 271 g/mol. The molecule has 0 N–H and O–H groups in total. The highest BCUT2D eigenvalue weighted by atomic mass is 16.6. The van der Waals surface area contributed by atoms with Gasteiger partial charge < -0.3 is 9.47 Å². The molecule has 110 valence electrons. The number of methoxy groups -OCH3 is 1. The molecule has 1 aliphatic heterocycles. The van der Waals surface area contributed by atoms with Gasteiger partial charge in [-0.25, -0.2) is 9.59 Å². The lowest BCUT2D eigenvalue weighted by molar-refractivity contribution is -0.150. The third kappa shape index (κ3) is 4.40. The Hall–Kier alpha value is -1.26. The summed E-state index contributed by atoms with van der Waals surface area (Å²) >= 11 is 0. The zero-order valence-electron chi connectivity index (χ0n) is 12.8. The lowest BCUT2D eigenvalue weighted by atomic mass is 9.79. The fraction of sp³-hybridized carbons (Fsp3) is 0.857. The molecular formula is C14H25NO4. The van der Waals surface area contributed by atoms with Crippen LogP contribution in [-0.2, 0) is 14.3 Å². The zero-order valence-corrected chi connectivity index (χ0v) is 12.8. The van der Waals surface area contributed by atoms with Crippen molar-refractivity contribution in [3.63, 3.8) is 0 Å². The van der Waals surface area contributed by atoms with Gasteiger partial charge >= 0.3 is 12.1 Å². The minimum atomic E-state index is -0.565. The number of carbonyl (C=O) groups excluding carboxylic acids is 2. The molecule has 1 fully saturated rings. The maximum atomic E-state index is 12.2. The third-order valence-electron chi connectivity index (χ3n) is 3.25. The zero-order chi connectivity index (χ0) is 14.8. The summed E-state index contributed by atoms with van der Waals surface area (Å²) in [5.74, 6) is -0.376. The van der Waals surface area contributed by atoms with E-state index >= 15 is 0 Å². The van der Waals surface area contributed by atoms with Gasteiger partial charge in [0.25, 0.3) is 0 Å². The van der Waals surface area contributed by atoms with Crippen LogP contribution in [0.1, 0.15) is 47.5 Å². The number of esters is 1. The molecule has 5 nitrogen and oxygen atoms in total. The molecule has 1 amide bonds. The van der Waals surface area contributed by atoms with Crippen molar-refractivity contribution in [2.24, 2.45) is 5.41 Å². The van der Waals surface area contributed by atoms with Crippen molar-refractivity contribution in [1.82, 2.24) is 4.90 Å².